The summed E-state index contributed by atoms with van der Waals surface area (Å²) < 4.78 is 11.8. The van der Waals surface area contributed by atoms with Gasteiger partial charge in [-0.15, -0.1) is 0 Å². The second-order valence-corrected chi connectivity index (χ2v) is 7.17. The van der Waals surface area contributed by atoms with E-state index in [9.17, 15) is 4.79 Å². The Morgan fingerprint density at radius 2 is 2.33 bits per heavy atom. The molecule has 5 nitrogen and oxygen atoms in total. The normalized spacial score (nSPS) is 30.6. The van der Waals surface area contributed by atoms with Gasteiger partial charge in [0.15, 0.2) is 0 Å². The van der Waals surface area contributed by atoms with E-state index in [1.165, 1.54) is 11.1 Å². The van der Waals surface area contributed by atoms with E-state index < -0.39 is 0 Å². The largest absolute Gasteiger partial charge is 0.494 e. The fourth-order valence-electron chi connectivity index (χ4n) is 3.92. The monoisotopic (exact) mass is 330 g/mol. The molecule has 2 heterocycles. The van der Waals surface area contributed by atoms with Crippen LogP contribution in [-0.2, 0) is 11.2 Å². The molecule has 0 bridgehead atoms. The van der Waals surface area contributed by atoms with Gasteiger partial charge in [-0.25, -0.2) is 0 Å². The number of carbonyl (C=O) groups is 1. The molecule has 5 heteroatoms. The highest BCUT2D eigenvalue weighted by atomic mass is 16.5. The molecule has 0 radical (unpaired) electrons. The molecule has 1 saturated heterocycles. The van der Waals surface area contributed by atoms with Gasteiger partial charge in [0.25, 0.3) is 0 Å². The van der Waals surface area contributed by atoms with Crippen molar-refractivity contribution in [2.75, 3.05) is 13.2 Å². The van der Waals surface area contributed by atoms with Gasteiger partial charge < -0.3 is 20.1 Å². The minimum atomic E-state index is -0.0122. The van der Waals surface area contributed by atoms with Crippen molar-refractivity contribution in [2.24, 2.45) is 0 Å². The van der Waals surface area contributed by atoms with Gasteiger partial charge in [-0.2, -0.15) is 0 Å². The number of benzene rings is 1. The van der Waals surface area contributed by atoms with Crippen molar-refractivity contribution in [3.63, 3.8) is 0 Å². The molecule has 1 amide bonds. The van der Waals surface area contributed by atoms with Gasteiger partial charge in [0, 0.05) is 29.5 Å². The number of fused-ring (bicyclic) bond motifs is 1. The zero-order valence-corrected chi connectivity index (χ0v) is 14.4. The molecule has 0 aromatic heterocycles. The van der Waals surface area contributed by atoms with E-state index in [-0.39, 0.29) is 24.1 Å². The highest BCUT2D eigenvalue weighted by Crippen LogP contribution is 2.48. The van der Waals surface area contributed by atoms with Gasteiger partial charge in [0.1, 0.15) is 17.6 Å². The Bertz CT molecular complexity index is 640. The first-order valence-corrected chi connectivity index (χ1v) is 9.15. The summed E-state index contributed by atoms with van der Waals surface area (Å²) in [5.74, 6) is 2.41. The summed E-state index contributed by atoms with van der Waals surface area (Å²) in [6.45, 7) is 5.70. The lowest BCUT2D eigenvalue weighted by Gasteiger charge is -2.14. The summed E-state index contributed by atoms with van der Waals surface area (Å²) >= 11 is 0. The van der Waals surface area contributed by atoms with Gasteiger partial charge in [0.05, 0.1) is 12.6 Å². The minimum absolute atomic E-state index is 0.0122. The van der Waals surface area contributed by atoms with Gasteiger partial charge in [0.2, 0.25) is 5.91 Å². The molecule has 130 valence electrons. The molecule has 1 aliphatic carbocycles. The van der Waals surface area contributed by atoms with Crippen LogP contribution in [0.3, 0.4) is 0 Å². The lowest BCUT2D eigenvalue weighted by Crippen LogP contribution is -2.41. The van der Waals surface area contributed by atoms with E-state index in [2.05, 4.69) is 29.7 Å². The number of rotatable bonds is 5. The maximum Gasteiger partial charge on any atom is 0.237 e. The summed E-state index contributed by atoms with van der Waals surface area (Å²) in [5, 5.41) is 6.45. The molecule has 2 aliphatic heterocycles. The first kappa shape index (κ1) is 15.8. The van der Waals surface area contributed by atoms with Crippen LogP contribution >= 0.6 is 0 Å². The second kappa shape index (κ2) is 6.28. The van der Waals surface area contributed by atoms with Crippen molar-refractivity contribution < 1.29 is 14.3 Å². The van der Waals surface area contributed by atoms with E-state index >= 15 is 0 Å². The standard InChI is InChI=1S/C19H26N2O3/c1-3-23-18-8-12-7-11(2)24-17(12)10-14(18)13-9-16(13)21-19(22)15-5-4-6-20-15/h8,10-11,13,15-16,20H,3-7,9H2,1-2H3,(H,21,22). The fraction of sp³-hybridized carbons (Fsp3) is 0.632. The van der Waals surface area contributed by atoms with Crippen LogP contribution in [0.5, 0.6) is 11.5 Å². The first-order chi connectivity index (χ1) is 11.7. The molecule has 0 spiro atoms. The number of hydrogen-bond acceptors (Lipinski definition) is 4. The second-order valence-electron chi connectivity index (χ2n) is 7.17. The SMILES string of the molecule is CCOc1cc2c(cc1C1CC1NC(=O)C1CCCN1)OC(C)C2. The third-order valence-corrected chi connectivity index (χ3v) is 5.22. The smallest absolute Gasteiger partial charge is 0.237 e. The Kier molecular flexibility index (Phi) is 4.12. The Balaban J connectivity index is 1.48. The predicted molar refractivity (Wildman–Crippen MR) is 91.7 cm³/mol. The van der Waals surface area contributed by atoms with Crippen LogP contribution in [0.25, 0.3) is 0 Å². The van der Waals surface area contributed by atoms with Crippen molar-refractivity contribution in [3.8, 4) is 11.5 Å². The molecule has 24 heavy (non-hydrogen) atoms. The van der Waals surface area contributed by atoms with E-state index in [0.29, 0.717) is 12.5 Å². The molecule has 1 aromatic rings. The topological polar surface area (TPSA) is 59.6 Å². The van der Waals surface area contributed by atoms with Crippen LogP contribution in [0.2, 0.25) is 0 Å². The molecule has 3 aliphatic rings. The van der Waals surface area contributed by atoms with Crippen LogP contribution < -0.4 is 20.1 Å². The number of amides is 1. The van der Waals surface area contributed by atoms with E-state index in [1.807, 2.05) is 6.92 Å². The summed E-state index contributed by atoms with van der Waals surface area (Å²) in [7, 11) is 0. The van der Waals surface area contributed by atoms with Crippen LogP contribution in [0.15, 0.2) is 12.1 Å². The number of carbonyl (C=O) groups excluding carboxylic acids is 1. The summed E-state index contributed by atoms with van der Waals surface area (Å²) in [5.41, 5.74) is 2.40. The highest BCUT2D eigenvalue weighted by Gasteiger charge is 2.43. The van der Waals surface area contributed by atoms with Gasteiger partial charge >= 0.3 is 0 Å². The molecule has 4 atom stereocenters. The highest BCUT2D eigenvalue weighted by molar-refractivity contribution is 5.82. The van der Waals surface area contributed by atoms with Gasteiger partial charge in [-0.1, -0.05) is 0 Å². The van der Waals surface area contributed by atoms with E-state index in [0.717, 1.165) is 43.7 Å². The average molecular weight is 330 g/mol. The van der Waals surface area contributed by atoms with Crippen LogP contribution in [-0.4, -0.2) is 37.2 Å². The number of ether oxygens (including phenoxy) is 2. The Morgan fingerprint density at radius 3 is 3.08 bits per heavy atom. The van der Waals surface area contributed by atoms with Crippen LogP contribution in [0, 0.1) is 0 Å². The average Bonchev–Trinajstić information content (AvgIpc) is 2.98. The Hall–Kier alpha value is -1.75. The lowest BCUT2D eigenvalue weighted by molar-refractivity contribution is -0.122. The van der Waals surface area contributed by atoms with E-state index in [1.54, 1.807) is 0 Å². The van der Waals surface area contributed by atoms with Crippen molar-refractivity contribution in [1.82, 2.24) is 10.6 Å². The van der Waals surface area contributed by atoms with Crippen molar-refractivity contribution in [1.29, 1.82) is 0 Å². The minimum Gasteiger partial charge on any atom is -0.494 e. The third kappa shape index (κ3) is 2.97. The summed E-state index contributed by atoms with van der Waals surface area (Å²) in [4.78, 5) is 12.3. The fourth-order valence-corrected chi connectivity index (χ4v) is 3.92. The molecule has 1 aromatic carbocycles. The molecule has 2 fully saturated rings. The molecular weight excluding hydrogens is 304 g/mol. The maximum atomic E-state index is 12.3. The van der Waals surface area contributed by atoms with Gasteiger partial charge in [-0.05, 0) is 51.8 Å². The molecular formula is C19H26N2O3. The van der Waals surface area contributed by atoms with Crippen LogP contribution in [0.1, 0.15) is 50.2 Å². The van der Waals surface area contributed by atoms with Gasteiger partial charge in [-0.3, -0.25) is 4.79 Å². The predicted octanol–water partition coefficient (Wildman–Crippen LogP) is 2.13. The Labute approximate surface area is 143 Å². The number of nitrogens with one attached hydrogen (secondary N) is 2. The maximum absolute atomic E-state index is 12.3. The van der Waals surface area contributed by atoms with Crippen molar-refractivity contribution >= 4 is 5.91 Å². The zero-order valence-electron chi connectivity index (χ0n) is 14.4. The first-order valence-electron chi connectivity index (χ1n) is 9.15. The molecule has 1 saturated carbocycles. The summed E-state index contributed by atoms with van der Waals surface area (Å²) in [6, 6.07) is 4.47. The molecule has 2 N–H and O–H groups in total. The third-order valence-electron chi connectivity index (χ3n) is 5.22. The zero-order chi connectivity index (χ0) is 16.7. The quantitative estimate of drug-likeness (QED) is 0.868. The summed E-state index contributed by atoms with van der Waals surface area (Å²) in [6.07, 6.45) is 4.17. The van der Waals surface area contributed by atoms with Crippen molar-refractivity contribution in [2.45, 2.75) is 63.6 Å². The Morgan fingerprint density at radius 1 is 1.46 bits per heavy atom. The van der Waals surface area contributed by atoms with Crippen LogP contribution in [0.4, 0.5) is 0 Å². The van der Waals surface area contributed by atoms with Crippen molar-refractivity contribution in [3.05, 3.63) is 23.3 Å². The molecule has 4 unspecified atom stereocenters. The lowest BCUT2D eigenvalue weighted by atomic mass is 10.0. The number of hydrogen-bond donors (Lipinski definition) is 2. The van der Waals surface area contributed by atoms with E-state index in [4.69, 9.17) is 9.47 Å². The molecule has 4 rings (SSSR count).